The number of rotatable bonds is 8. The molecule has 0 aliphatic carbocycles. The lowest BCUT2D eigenvalue weighted by molar-refractivity contribution is -0.211. The van der Waals surface area contributed by atoms with Crippen molar-refractivity contribution < 1.29 is 37.0 Å². The van der Waals surface area contributed by atoms with Gasteiger partial charge in [0.2, 0.25) is 0 Å². The molecule has 14 heteroatoms. The number of aliphatic imine (C=N–C) groups is 1. The van der Waals surface area contributed by atoms with Gasteiger partial charge in [-0.15, -0.1) is 0 Å². The van der Waals surface area contributed by atoms with Crippen molar-refractivity contribution in [1.82, 2.24) is 15.1 Å². The summed E-state index contributed by atoms with van der Waals surface area (Å²) in [4.78, 5) is 34.2. The molecule has 0 spiro atoms. The molecule has 1 saturated heterocycles. The molecular weight excluding hydrogens is 648 g/mol. The number of carbonyl (C=O) groups is 2. The van der Waals surface area contributed by atoms with Gasteiger partial charge in [0.15, 0.2) is 6.23 Å². The number of hydrogen-bond acceptors (Lipinski definition) is 7. The summed E-state index contributed by atoms with van der Waals surface area (Å²) in [5.74, 6) is -1.27. The number of amidine groups is 1. The number of carbonyl (C=O) groups excluding carboxylic acids is 2. The molecule has 2 heterocycles. The lowest BCUT2D eigenvalue weighted by Crippen LogP contribution is -2.60. The van der Waals surface area contributed by atoms with Crippen LogP contribution in [0.1, 0.15) is 42.6 Å². The van der Waals surface area contributed by atoms with Gasteiger partial charge in [0, 0.05) is 29.2 Å². The molecule has 5 rings (SSSR count). The number of piperazine rings is 1. The summed E-state index contributed by atoms with van der Waals surface area (Å²) in [7, 11) is 0. The fraction of sp³-hybridized carbons (Fsp3) is 0.344. The number of ether oxygens (including phenoxy) is 3. The quantitative estimate of drug-likeness (QED) is 0.264. The highest BCUT2D eigenvalue weighted by Crippen LogP contribution is 2.46. The second kappa shape index (κ2) is 14.2. The van der Waals surface area contributed by atoms with E-state index in [1.54, 1.807) is 66.7 Å². The van der Waals surface area contributed by atoms with Gasteiger partial charge in [-0.05, 0) is 61.4 Å². The summed E-state index contributed by atoms with van der Waals surface area (Å²) in [6, 6.07) is 16.8. The van der Waals surface area contributed by atoms with Crippen LogP contribution in [0.15, 0.2) is 71.7 Å². The van der Waals surface area contributed by atoms with E-state index in [4.69, 9.17) is 42.4 Å². The molecule has 2 aliphatic heterocycles. The number of hydrogen-bond donors (Lipinski definition) is 1. The predicted molar refractivity (Wildman–Crippen MR) is 166 cm³/mol. The zero-order valence-corrected chi connectivity index (χ0v) is 26.4. The molecule has 9 nitrogen and oxygen atoms in total. The molecule has 244 valence electrons. The van der Waals surface area contributed by atoms with Gasteiger partial charge >= 0.3 is 18.2 Å². The van der Waals surface area contributed by atoms with Crippen LogP contribution in [0.3, 0.4) is 0 Å². The standard InChI is InChI=1S/C32H31Cl2F3N4O5/c1-3-44-23-13-14-24(25(17-23)45-4-2)29-39-27(19-5-9-21(33)10-6-19)28(20-7-11-22(34)12-8-20)41(29)31(43)40-16-15-38-18-26(40)46-30(42)32(35,36)37/h5-14,17,26-28,38H,3-4,15-16,18H2,1-2H3. The summed E-state index contributed by atoms with van der Waals surface area (Å²) < 4.78 is 56.2. The van der Waals surface area contributed by atoms with E-state index in [-0.39, 0.29) is 32.1 Å². The van der Waals surface area contributed by atoms with Crippen LogP contribution >= 0.6 is 23.2 Å². The molecule has 1 fully saturated rings. The molecule has 46 heavy (non-hydrogen) atoms. The third-order valence-corrected chi connectivity index (χ3v) is 7.92. The summed E-state index contributed by atoms with van der Waals surface area (Å²) in [5.41, 5.74) is 1.83. The monoisotopic (exact) mass is 678 g/mol. The first kappa shape index (κ1) is 33.4. The van der Waals surface area contributed by atoms with Gasteiger partial charge in [0.25, 0.3) is 0 Å². The Labute approximate surface area is 273 Å². The van der Waals surface area contributed by atoms with Crippen molar-refractivity contribution in [3.8, 4) is 11.5 Å². The second-order valence-electron chi connectivity index (χ2n) is 10.4. The largest absolute Gasteiger partial charge is 0.494 e. The van der Waals surface area contributed by atoms with E-state index in [0.29, 0.717) is 39.3 Å². The molecule has 2 aliphatic rings. The molecule has 0 radical (unpaired) electrons. The van der Waals surface area contributed by atoms with E-state index >= 15 is 0 Å². The first-order valence-electron chi connectivity index (χ1n) is 14.6. The number of amides is 2. The smallest absolute Gasteiger partial charge is 0.491 e. The Bertz CT molecular complexity index is 1590. The maximum Gasteiger partial charge on any atom is 0.491 e. The normalized spacial score (nSPS) is 19.9. The van der Waals surface area contributed by atoms with Gasteiger partial charge < -0.3 is 19.5 Å². The van der Waals surface area contributed by atoms with Crippen molar-refractivity contribution in [2.75, 3.05) is 32.8 Å². The molecule has 2 amide bonds. The molecule has 0 aromatic heterocycles. The Morgan fingerprint density at radius 2 is 1.57 bits per heavy atom. The minimum atomic E-state index is -5.24. The third kappa shape index (κ3) is 7.19. The van der Waals surface area contributed by atoms with E-state index < -0.39 is 36.5 Å². The Hall–Kier alpha value is -4.00. The van der Waals surface area contributed by atoms with Gasteiger partial charge in [0.1, 0.15) is 23.4 Å². The van der Waals surface area contributed by atoms with Crippen molar-refractivity contribution in [1.29, 1.82) is 0 Å². The number of nitrogens with one attached hydrogen (secondary N) is 1. The van der Waals surface area contributed by atoms with Gasteiger partial charge in [-0.1, -0.05) is 47.5 Å². The topological polar surface area (TPSA) is 92.7 Å². The Morgan fingerprint density at radius 1 is 0.935 bits per heavy atom. The summed E-state index contributed by atoms with van der Waals surface area (Å²) in [6.45, 7) is 4.37. The number of urea groups is 1. The van der Waals surface area contributed by atoms with Crippen LogP contribution in [0.4, 0.5) is 18.0 Å². The van der Waals surface area contributed by atoms with Gasteiger partial charge in [-0.2, -0.15) is 13.2 Å². The first-order valence-corrected chi connectivity index (χ1v) is 15.3. The predicted octanol–water partition coefficient (Wildman–Crippen LogP) is 6.79. The van der Waals surface area contributed by atoms with Crippen LogP contribution < -0.4 is 14.8 Å². The Kier molecular flexibility index (Phi) is 10.3. The highest BCUT2D eigenvalue weighted by molar-refractivity contribution is 6.30. The minimum Gasteiger partial charge on any atom is -0.494 e. The molecule has 3 aromatic carbocycles. The van der Waals surface area contributed by atoms with Crippen molar-refractivity contribution in [3.63, 3.8) is 0 Å². The number of esters is 1. The number of halogens is 5. The summed E-state index contributed by atoms with van der Waals surface area (Å²) in [6.07, 6.45) is -6.78. The highest BCUT2D eigenvalue weighted by Gasteiger charge is 2.48. The van der Waals surface area contributed by atoms with Crippen molar-refractivity contribution in [3.05, 3.63) is 93.5 Å². The van der Waals surface area contributed by atoms with E-state index in [2.05, 4.69) is 5.32 Å². The molecule has 3 aromatic rings. The Balaban J connectivity index is 1.68. The zero-order chi connectivity index (χ0) is 33.0. The lowest BCUT2D eigenvalue weighted by atomic mass is 9.93. The van der Waals surface area contributed by atoms with E-state index in [9.17, 15) is 22.8 Å². The van der Waals surface area contributed by atoms with Crippen LogP contribution in [-0.4, -0.2) is 72.9 Å². The maximum absolute atomic E-state index is 14.7. The van der Waals surface area contributed by atoms with Crippen molar-refractivity contribution in [2.24, 2.45) is 4.99 Å². The fourth-order valence-corrected chi connectivity index (χ4v) is 5.66. The summed E-state index contributed by atoms with van der Waals surface area (Å²) >= 11 is 12.4. The van der Waals surface area contributed by atoms with Crippen molar-refractivity contribution in [2.45, 2.75) is 38.3 Å². The van der Waals surface area contributed by atoms with Crippen LogP contribution in [0.2, 0.25) is 10.0 Å². The van der Waals surface area contributed by atoms with Crippen LogP contribution in [0.25, 0.3) is 0 Å². The molecule has 0 bridgehead atoms. The zero-order valence-electron chi connectivity index (χ0n) is 24.9. The maximum atomic E-state index is 14.7. The molecule has 0 saturated carbocycles. The SMILES string of the molecule is CCOc1ccc(C2=NC(c3ccc(Cl)cc3)C(c3ccc(Cl)cc3)N2C(=O)N2CCNCC2OC(=O)C(F)(F)F)c(OCC)c1. The molecule has 3 atom stereocenters. The first-order chi connectivity index (χ1) is 22.0. The average molecular weight is 680 g/mol. The van der Waals surface area contributed by atoms with Crippen LogP contribution in [-0.2, 0) is 9.53 Å². The third-order valence-electron chi connectivity index (χ3n) is 7.42. The van der Waals surface area contributed by atoms with E-state index in [1.807, 2.05) is 13.8 Å². The molecular formula is C32H31Cl2F3N4O5. The molecule has 3 unspecified atom stereocenters. The highest BCUT2D eigenvalue weighted by atomic mass is 35.5. The van der Waals surface area contributed by atoms with Gasteiger partial charge in [0.05, 0.1) is 31.4 Å². The number of alkyl halides is 3. The summed E-state index contributed by atoms with van der Waals surface area (Å²) in [5, 5.41) is 3.86. The van der Waals surface area contributed by atoms with Crippen LogP contribution in [0, 0.1) is 0 Å². The fourth-order valence-electron chi connectivity index (χ4n) is 5.41. The van der Waals surface area contributed by atoms with Gasteiger partial charge in [-0.3, -0.25) is 14.8 Å². The Morgan fingerprint density at radius 3 is 2.17 bits per heavy atom. The van der Waals surface area contributed by atoms with E-state index in [1.165, 1.54) is 4.90 Å². The second-order valence-corrected chi connectivity index (χ2v) is 11.3. The molecule has 1 N–H and O–H groups in total. The van der Waals surface area contributed by atoms with Crippen molar-refractivity contribution >= 4 is 41.0 Å². The minimum absolute atomic E-state index is 0.0427. The number of benzene rings is 3. The van der Waals surface area contributed by atoms with E-state index in [0.717, 1.165) is 10.5 Å². The number of nitrogens with zero attached hydrogens (tertiary/aromatic N) is 3. The van der Waals surface area contributed by atoms with Gasteiger partial charge in [-0.25, -0.2) is 9.59 Å². The van der Waals surface area contributed by atoms with Crippen LogP contribution in [0.5, 0.6) is 11.5 Å². The average Bonchev–Trinajstić information content (AvgIpc) is 3.42. The lowest BCUT2D eigenvalue weighted by Gasteiger charge is -2.40.